The van der Waals surface area contributed by atoms with Crippen LogP contribution in [0.15, 0.2) is 41.3 Å². The summed E-state index contributed by atoms with van der Waals surface area (Å²) in [5, 5.41) is 0. The second kappa shape index (κ2) is 5.69. The lowest BCUT2D eigenvalue weighted by Gasteiger charge is -2.10. The second-order valence-corrected chi connectivity index (χ2v) is 6.08. The molecule has 2 rings (SSSR count). The van der Waals surface area contributed by atoms with Gasteiger partial charge in [-0.2, -0.15) is 0 Å². The highest BCUT2D eigenvalue weighted by Crippen LogP contribution is 2.24. The van der Waals surface area contributed by atoms with Gasteiger partial charge in [-0.25, -0.2) is 17.2 Å². The number of aryl methyl sites for hydroxylation is 1. The summed E-state index contributed by atoms with van der Waals surface area (Å²) < 4.78 is 53.3. The molecule has 2 aromatic carbocycles. The Balaban J connectivity index is 2.36. The van der Waals surface area contributed by atoms with Crippen LogP contribution in [0.3, 0.4) is 0 Å². The molecule has 21 heavy (non-hydrogen) atoms. The molecule has 4 nitrogen and oxygen atoms in total. The van der Waals surface area contributed by atoms with Crippen LogP contribution in [0, 0.1) is 11.6 Å². The fraction of sp³-hybridized carbons (Fsp3) is 0.143. The van der Waals surface area contributed by atoms with Crippen LogP contribution in [-0.2, 0) is 16.4 Å². The fourth-order valence-corrected chi connectivity index (χ4v) is 2.92. The summed E-state index contributed by atoms with van der Waals surface area (Å²) >= 11 is 0. The van der Waals surface area contributed by atoms with E-state index in [9.17, 15) is 17.2 Å². The summed E-state index contributed by atoms with van der Waals surface area (Å²) in [5.74, 6) is -2.30. The number of sulfonamides is 1. The molecule has 0 unspecified atom stereocenters. The number of nitrogens with two attached hydrogens (primary N) is 1. The molecule has 0 aliphatic carbocycles. The Morgan fingerprint density at radius 1 is 1.10 bits per heavy atom. The van der Waals surface area contributed by atoms with Crippen molar-refractivity contribution in [3.63, 3.8) is 0 Å². The average molecular weight is 312 g/mol. The lowest BCUT2D eigenvalue weighted by Crippen LogP contribution is -2.16. The van der Waals surface area contributed by atoms with Gasteiger partial charge in [0.05, 0.1) is 0 Å². The van der Waals surface area contributed by atoms with Gasteiger partial charge in [0.1, 0.15) is 16.4 Å². The zero-order chi connectivity index (χ0) is 15.6. The summed E-state index contributed by atoms with van der Waals surface area (Å²) in [6, 6.07) is 8.31. The Labute approximate surface area is 121 Å². The van der Waals surface area contributed by atoms with Gasteiger partial charge in [-0.1, -0.05) is 19.1 Å². The third-order valence-electron chi connectivity index (χ3n) is 3.00. The van der Waals surface area contributed by atoms with Crippen molar-refractivity contribution in [2.24, 2.45) is 0 Å². The highest BCUT2D eigenvalue weighted by atomic mass is 32.2. The van der Waals surface area contributed by atoms with Crippen molar-refractivity contribution >= 4 is 21.4 Å². The summed E-state index contributed by atoms with van der Waals surface area (Å²) in [4.78, 5) is -0.694. The molecule has 0 radical (unpaired) electrons. The van der Waals surface area contributed by atoms with Crippen LogP contribution in [0.2, 0.25) is 0 Å². The number of rotatable bonds is 4. The minimum atomic E-state index is -4.17. The van der Waals surface area contributed by atoms with E-state index in [-0.39, 0.29) is 5.69 Å². The van der Waals surface area contributed by atoms with Crippen LogP contribution in [0.25, 0.3) is 0 Å². The molecule has 0 saturated heterocycles. The van der Waals surface area contributed by atoms with Crippen molar-refractivity contribution in [1.82, 2.24) is 0 Å². The van der Waals surface area contributed by atoms with Gasteiger partial charge >= 0.3 is 0 Å². The zero-order valence-electron chi connectivity index (χ0n) is 11.2. The summed E-state index contributed by atoms with van der Waals surface area (Å²) in [6.07, 6.45) is 0.816. The number of hydrogen-bond acceptors (Lipinski definition) is 3. The molecular weight excluding hydrogens is 298 g/mol. The predicted molar refractivity (Wildman–Crippen MR) is 77.4 cm³/mol. The smallest absolute Gasteiger partial charge is 0.264 e. The van der Waals surface area contributed by atoms with Crippen molar-refractivity contribution in [1.29, 1.82) is 0 Å². The molecule has 112 valence electrons. The lowest BCUT2D eigenvalue weighted by atomic mass is 10.2. The molecule has 0 spiro atoms. The number of nitrogen functional groups attached to an aromatic ring is 1. The Bertz CT molecular complexity index is 759. The molecule has 0 amide bonds. The molecule has 0 aliphatic rings. The summed E-state index contributed by atoms with van der Waals surface area (Å²) in [7, 11) is -4.17. The van der Waals surface area contributed by atoms with Crippen LogP contribution < -0.4 is 10.5 Å². The van der Waals surface area contributed by atoms with Gasteiger partial charge in [0.25, 0.3) is 10.0 Å². The fourth-order valence-electron chi connectivity index (χ4n) is 1.78. The Hall–Kier alpha value is -2.15. The van der Waals surface area contributed by atoms with Gasteiger partial charge < -0.3 is 5.73 Å². The maximum Gasteiger partial charge on any atom is 0.264 e. The molecule has 2 aromatic rings. The molecule has 3 N–H and O–H groups in total. The van der Waals surface area contributed by atoms with Crippen molar-refractivity contribution < 1.29 is 17.2 Å². The van der Waals surface area contributed by atoms with E-state index in [1.165, 1.54) is 0 Å². The van der Waals surface area contributed by atoms with Gasteiger partial charge in [-0.05, 0) is 36.2 Å². The molecule has 7 heteroatoms. The van der Waals surface area contributed by atoms with Gasteiger partial charge in [0.15, 0.2) is 5.82 Å². The number of halogens is 2. The van der Waals surface area contributed by atoms with Gasteiger partial charge in [0, 0.05) is 5.69 Å². The Morgan fingerprint density at radius 2 is 1.71 bits per heavy atom. The van der Waals surface area contributed by atoms with Crippen LogP contribution in [0.1, 0.15) is 12.5 Å². The molecule has 0 aliphatic heterocycles. The maximum absolute atomic E-state index is 13.8. The molecule has 0 atom stereocenters. The molecule has 0 aromatic heterocycles. The molecular formula is C14H14F2N2O2S. The van der Waals surface area contributed by atoms with Crippen molar-refractivity contribution in [2.45, 2.75) is 18.2 Å². The number of nitrogens with one attached hydrogen (secondary N) is 1. The van der Waals surface area contributed by atoms with E-state index >= 15 is 0 Å². The first-order valence-corrected chi connectivity index (χ1v) is 7.68. The van der Waals surface area contributed by atoms with Crippen molar-refractivity contribution in [3.8, 4) is 0 Å². The van der Waals surface area contributed by atoms with E-state index in [0.717, 1.165) is 24.1 Å². The predicted octanol–water partition coefficient (Wildman–Crippen LogP) is 2.91. The van der Waals surface area contributed by atoms with Crippen molar-refractivity contribution in [2.75, 3.05) is 10.5 Å². The Kier molecular flexibility index (Phi) is 4.13. The number of hydrogen-bond donors (Lipinski definition) is 2. The number of benzene rings is 2. The van der Waals surface area contributed by atoms with E-state index in [4.69, 9.17) is 5.73 Å². The largest absolute Gasteiger partial charge is 0.394 e. The van der Waals surface area contributed by atoms with E-state index < -0.39 is 32.2 Å². The van der Waals surface area contributed by atoms with Crippen LogP contribution in [0.5, 0.6) is 0 Å². The monoisotopic (exact) mass is 312 g/mol. The van der Waals surface area contributed by atoms with Gasteiger partial charge in [-0.3, -0.25) is 4.72 Å². The minimum Gasteiger partial charge on any atom is -0.394 e. The Morgan fingerprint density at radius 3 is 2.29 bits per heavy atom. The van der Waals surface area contributed by atoms with Crippen LogP contribution in [-0.4, -0.2) is 8.42 Å². The zero-order valence-corrected chi connectivity index (χ0v) is 12.0. The minimum absolute atomic E-state index is 0.287. The average Bonchev–Trinajstić information content (AvgIpc) is 2.45. The topological polar surface area (TPSA) is 72.2 Å². The van der Waals surface area contributed by atoms with E-state index in [2.05, 4.69) is 4.72 Å². The SMILES string of the molecule is CCc1ccc(NS(=O)(=O)c2ccc(F)c(N)c2F)cc1. The maximum atomic E-state index is 13.8. The highest BCUT2D eigenvalue weighted by Gasteiger charge is 2.22. The van der Waals surface area contributed by atoms with E-state index in [1.54, 1.807) is 24.3 Å². The van der Waals surface area contributed by atoms with E-state index in [0.29, 0.717) is 0 Å². The van der Waals surface area contributed by atoms with Crippen LogP contribution in [0.4, 0.5) is 20.2 Å². The standard InChI is InChI=1S/C14H14F2N2O2S/c1-2-9-3-5-10(6-4-9)18-21(19,20)12-8-7-11(15)14(17)13(12)16/h3-8,18H,2,17H2,1H3. The van der Waals surface area contributed by atoms with Crippen molar-refractivity contribution in [3.05, 3.63) is 53.6 Å². The summed E-state index contributed by atoms with van der Waals surface area (Å²) in [6.45, 7) is 1.97. The molecule has 0 bridgehead atoms. The first kappa shape index (κ1) is 15.2. The molecule has 0 saturated carbocycles. The van der Waals surface area contributed by atoms with Gasteiger partial charge in [-0.15, -0.1) is 0 Å². The molecule has 0 fully saturated rings. The summed E-state index contributed by atoms with van der Waals surface area (Å²) in [5.41, 5.74) is 5.67. The van der Waals surface area contributed by atoms with Crippen LogP contribution >= 0.6 is 0 Å². The normalized spacial score (nSPS) is 11.4. The van der Waals surface area contributed by atoms with Gasteiger partial charge in [0.2, 0.25) is 0 Å². The highest BCUT2D eigenvalue weighted by molar-refractivity contribution is 7.92. The lowest BCUT2D eigenvalue weighted by molar-refractivity contribution is 0.557. The third kappa shape index (κ3) is 3.13. The first-order valence-electron chi connectivity index (χ1n) is 6.20. The van der Waals surface area contributed by atoms with E-state index in [1.807, 2.05) is 6.92 Å². The first-order chi connectivity index (χ1) is 9.85. The quantitative estimate of drug-likeness (QED) is 0.853. The molecule has 0 heterocycles. The second-order valence-electron chi connectivity index (χ2n) is 4.43. The number of anilines is 2. The third-order valence-corrected chi connectivity index (χ3v) is 4.39.